The van der Waals surface area contributed by atoms with Gasteiger partial charge in [-0.05, 0) is 65.5 Å². The van der Waals surface area contributed by atoms with Crippen molar-refractivity contribution in [1.29, 1.82) is 0 Å². The Morgan fingerprint density at radius 2 is 1.61 bits per heavy atom. The monoisotopic (exact) mass is 543 g/mol. The Morgan fingerprint density at radius 3 is 2.13 bits per heavy atom. The maximum Gasteiger partial charge on any atom is 0.265 e. The predicted molar refractivity (Wildman–Crippen MR) is 157 cm³/mol. The first-order valence-corrected chi connectivity index (χ1v) is 15.7. The molecule has 1 aromatic heterocycles. The SMILES string of the molecule is C=C(OC(C)(C)C)N1CCN(C(=O)c2cnc(NC(=CCC)N(C3CCCCC3)C3CCCCC3)s2)CC1. The van der Waals surface area contributed by atoms with Crippen LogP contribution in [0.5, 0.6) is 0 Å². The summed E-state index contributed by atoms with van der Waals surface area (Å²) < 4.78 is 5.93. The van der Waals surface area contributed by atoms with E-state index in [0.717, 1.165) is 24.6 Å². The second kappa shape index (κ2) is 13.2. The molecule has 1 amide bonds. The molecule has 1 aromatic rings. The summed E-state index contributed by atoms with van der Waals surface area (Å²) in [5, 5.41) is 4.50. The van der Waals surface area contributed by atoms with Crippen LogP contribution in [0.1, 0.15) is 108 Å². The number of hydrogen-bond donors (Lipinski definition) is 1. The fourth-order valence-electron chi connectivity index (χ4n) is 6.10. The van der Waals surface area contributed by atoms with Crippen LogP contribution in [0.15, 0.2) is 30.6 Å². The molecule has 212 valence electrons. The largest absolute Gasteiger partial charge is 0.474 e. The molecule has 0 atom stereocenters. The number of rotatable bonds is 9. The summed E-state index contributed by atoms with van der Waals surface area (Å²) in [5.74, 6) is 1.95. The first-order chi connectivity index (χ1) is 18.2. The van der Waals surface area contributed by atoms with Crippen molar-refractivity contribution in [1.82, 2.24) is 19.7 Å². The van der Waals surface area contributed by atoms with Gasteiger partial charge in [0.15, 0.2) is 11.0 Å². The number of carbonyl (C=O) groups is 1. The van der Waals surface area contributed by atoms with Gasteiger partial charge in [0.1, 0.15) is 16.3 Å². The summed E-state index contributed by atoms with van der Waals surface area (Å²) in [6.45, 7) is 15.1. The highest BCUT2D eigenvalue weighted by atomic mass is 32.1. The Morgan fingerprint density at radius 1 is 1.05 bits per heavy atom. The van der Waals surface area contributed by atoms with E-state index in [1.807, 2.05) is 25.7 Å². The fraction of sp³-hybridized carbons (Fsp3) is 0.733. The van der Waals surface area contributed by atoms with Gasteiger partial charge in [-0.15, -0.1) is 0 Å². The van der Waals surface area contributed by atoms with Crippen LogP contribution in [0.4, 0.5) is 5.13 Å². The number of piperazine rings is 1. The molecule has 8 heteroatoms. The summed E-state index contributed by atoms with van der Waals surface area (Å²) in [6, 6.07) is 1.21. The third-order valence-corrected chi connectivity index (χ3v) is 8.81. The second-order valence-corrected chi connectivity index (χ2v) is 13.1. The lowest BCUT2D eigenvalue weighted by Gasteiger charge is -2.44. The van der Waals surface area contributed by atoms with Gasteiger partial charge in [0, 0.05) is 38.3 Å². The van der Waals surface area contributed by atoms with Gasteiger partial charge in [0.25, 0.3) is 5.91 Å². The number of nitrogens with one attached hydrogen (secondary N) is 1. The van der Waals surface area contributed by atoms with E-state index in [4.69, 9.17) is 4.74 Å². The van der Waals surface area contributed by atoms with Gasteiger partial charge >= 0.3 is 0 Å². The first-order valence-electron chi connectivity index (χ1n) is 14.9. The van der Waals surface area contributed by atoms with Crippen molar-refractivity contribution in [3.8, 4) is 0 Å². The zero-order valence-corrected chi connectivity index (χ0v) is 25.0. The number of hydrogen-bond acceptors (Lipinski definition) is 7. The molecule has 4 rings (SSSR count). The zero-order chi connectivity index (χ0) is 27.1. The van der Waals surface area contributed by atoms with Crippen LogP contribution < -0.4 is 5.32 Å². The Kier molecular flexibility index (Phi) is 10.0. The van der Waals surface area contributed by atoms with Gasteiger partial charge in [0.05, 0.1) is 6.20 Å². The highest BCUT2D eigenvalue weighted by Crippen LogP contribution is 2.34. The summed E-state index contributed by atoms with van der Waals surface area (Å²) >= 11 is 1.48. The van der Waals surface area contributed by atoms with E-state index in [9.17, 15) is 4.79 Å². The molecule has 0 unspecified atom stereocenters. The van der Waals surface area contributed by atoms with Crippen LogP contribution in [-0.2, 0) is 4.74 Å². The number of anilines is 1. The Bertz CT molecular complexity index is 930. The van der Waals surface area contributed by atoms with Gasteiger partial charge in [0.2, 0.25) is 0 Å². The minimum Gasteiger partial charge on any atom is -0.474 e. The summed E-state index contributed by atoms with van der Waals surface area (Å²) in [5.41, 5.74) is -0.273. The number of ether oxygens (including phenoxy) is 1. The van der Waals surface area contributed by atoms with Crippen molar-refractivity contribution in [2.45, 2.75) is 116 Å². The number of allylic oxidation sites excluding steroid dienone is 1. The average molecular weight is 544 g/mol. The molecule has 0 spiro atoms. The third-order valence-electron chi connectivity index (χ3n) is 7.91. The quantitative estimate of drug-likeness (QED) is 0.345. The average Bonchev–Trinajstić information content (AvgIpc) is 3.37. The van der Waals surface area contributed by atoms with Crippen LogP contribution >= 0.6 is 11.3 Å². The zero-order valence-electron chi connectivity index (χ0n) is 24.1. The van der Waals surface area contributed by atoms with Crippen molar-refractivity contribution < 1.29 is 9.53 Å². The van der Waals surface area contributed by atoms with Crippen molar-refractivity contribution in [2.24, 2.45) is 0 Å². The van der Waals surface area contributed by atoms with Gasteiger partial charge in [-0.2, -0.15) is 0 Å². The smallest absolute Gasteiger partial charge is 0.265 e. The number of aromatic nitrogens is 1. The van der Waals surface area contributed by atoms with Crippen molar-refractivity contribution in [3.05, 3.63) is 35.4 Å². The topological polar surface area (TPSA) is 60.9 Å². The first kappa shape index (κ1) is 28.8. The minimum atomic E-state index is -0.273. The fourth-order valence-corrected chi connectivity index (χ4v) is 6.89. The van der Waals surface area contributed by atoms with Gasteiger partial charge < -0.3 is 24.8 Å². The summed E-state index contributed by atoms with van der Waals surface area (Å²) in [7, 11) is 0. The van der Waals surface area contributed by atoms with Crippen LogP contribution in [-0.4, -0.2) is 69.5 Å². The van der Waals surface area contributed by atoms with E-state index in [0.29, 0.717) is 35.9 Å². The molecule has 1 N–H and O–H groups in total. The Hall–Kier alpha value is -2.22. The van der Waals surface area contributed by atoms with Crippen LogP contribution in [0.25, 0.3) is 0 Å². The Labute approximate surface area is 234 Å². The number of nitrogens with zero attached hydrogens (tertiary/aromatic N) is 4. The van der Waals surface area contributed by atoms with Crippen molar-refractivity contribution >= 4 is 22.4 Å². The molecule has 0 radical (unpaired) electrons. The summed E-state index contributed by atoms with van der Waals surface area (Å²) in [6.07, 6.45) is 18.2. The van der Waals surface area contributed by atoms with E-state index in [2.05, 4.69) is 39.7 Å². The molecule has 2 aliphatic carbocycles. The molecule has 0 aromatic carbocycles. The minimum absolute atomic E-state index is 0.0648. The molecule has 2 saturated carbocycles. The molecule has 7 nitrogen and oxygen atoms in total. The van der Waals surface area contributed by atoms with Gasteiger partial charge in [-0.3, -0.25) is 4.79 Å². The van der Waals surface area contributed by atoms with E-state index >= 15 is 0 Å². The predicted octanol–water partition coefficient (Wildman–Crippen LogP) is 6.82. The maximum absolute atomic E-state index is 13.3. The standard InChI is InChI=1S/C30H49N5O2S/c1-6-13-27(35(24-14-9-7-10-15-24)25-16-11-8-12-17-25)32-29-31-22-26(38-29)28(36)34-20-18-33(19-21-34)23(2)37-30(3,4)5/h13,22,24-25H,2,6-12,14-21H2,1,3-5H3,(H,31,32). The van der Waals surface area contributed by atoms with Gasteiger partial charge in [-0.25, -0.2) is 4.98 Å². The number of thiazole rings is 1. The number of amides is 1. The Balaban J connectivity index is 1.40. The van der Waals surface area contributed by atoms with E-state index in [-0.39, 0.29) is 11.5 Å². The van der Waals surface area contributed by atoms with Gasteiger partial charge in [-0.1, -0.05) is 56.8 Å². The van der Waals surface area contributed by atoms with Crippen molar-refractivity contribution in [3.63, 3.8) is 0 Å². The van der Waals surface area contributed by atoms with Crippen LogP contribution in [0, 0.1) is 0 Å². The van der Waals surface area contributed by atoms with Crippen LogP contribution in [0.3, 0.4) is 0 Å². The molecule has 3 fully saturated rings. The molecule has 0 bridgehead atoms. The highest BCUT2D eigenvalue weighted by Gasteiger charge is 2.31. The number of carbonyl (C=O) groups excluding carboxylic acids is 1. The van der Waals surface area contributed by atoms with Crippen molar-refractivity contribution in [2.75, 3.05) is 31.5 Å². The third kappa shape index (κ3) is 7.67. The normalized spacial score (nSPS) is 20.4. The lowest BCUT2D eigenvalue weighted by Crippen LogP contribution is -2.48. The molecule has 2 heterocycles. The van der Waals surface area contributed by atoms with E-state index in [1.165, 1.54) is 81.4 Å². The van der Waals surface area contributed by atoms with E-state index < -0.39 is 0 Å². The molecule has 38 heavy (non-hydrogen) atoms. The lowest BCUT2D eigenvalue weighted by atomic mass is 9.88. The highest BCUT2D eigenvalue weighted by molar-refractivity contribution is 7.17. The second-order valence-electron chi connectivity index (χ2n) is 12.0. The molecule has 3 aliphatic rings. The molecular weight excluding hydrogens is 494 g/mol. The molecule has 1 saturated heterocycles. The maximum atomic E-state index is 13.3. The van der Waals surface area contributed by atoms with Crippen LogP contribution in [0.2, 0.25) is 0 Å². The van der Waals surface area contributed by atoms with E-state index in [1.54, 1.807) is 6.20 Å². The lowest BCUT2D eigenvalue weighted by molar-refractivity contribution is -0.00864. The summed E-state index contributed by atoms with van der Waals surface area (Å²) in [4.78, 5) is 25.5. The molecule has 1 aliphatic heterocycles. The molecular formula is C30H49N5O2S.